The van der Waals surface area contributed by atoms with Crippen LogP contribution in [0.25, 0.3) is 0 Å². The molecule has 0 radical (unpaired) electrons. The van der Waals surface area contributed by atoms with E-state index in [4.69, 9.17) is 16.7 Å². The Hall–Kier alpha value is -6.75. The number of Topliss-reactive ketones (excluding diaryl/α,β-unsaturated/α-hetero) is 6. The molecule has 17 nitrogen and oxygen atoms in total. The summed E-state index contributed by atoms with van der Waals surface area (Å²) in [6.45, 7) is 0. The lowest BCUT2D eigenvalue weighted by Crippen LogP contribution is -2.25. The van der Waals surface area contributed by atoms with Crippen molar-refractivity contribution in [3.63, 3.8) is 0 Å². The standard InChI is InChI=1S/C11H11NO4.C10H9NO4.C9H8ClNO.C9H9NO2.C6H8O2/c1-16-11(15)7-5-6-8(12-10(7)14)3-2-4-9(6)13;12-8-3-1-2-7-5(8)4-6(10(14)15)9(13)11-7;10-9-5-4-6-7(11-9)2-1-3-8(6)12;11-8-3-1-2-7-6(8)4-5-9(12)10-7;7-5-2-1-3-6(8)4-5/h5H,2-4H2,1H3,(H,12,14);4H,1-3H2,(H,11,13)(H,14,15);4-5H,1-3H2;4-5H,1-3H2,(H,10,12);1-4H2. The zero-order valence-electron chi connectivity index (χ0n) is 34.4. The van der Waals surface area contributed by atoms with Gasteiger partial charge in [0.2, 0.25) is 5.56 Å². The molecule has 0 bridgehead atoms. The summed E-state index contributed by atoms with van der Waals surface area (Å²) >= 11 is 5.70. The third-order valence-electron chi connectivity index (χ3n) is 10.6. The normalized spacial score (nSPS) is 16.0. The number of H-pyrrole nitrogens is 3. The number of aromatic amines is 3. The minimum Gasteiger partial charge on any atom is -0.477 e. The number of esters is 1. The van der Waals surface area contributed by atoms with Crippen molar-refractivity contribution in [1.29, 1.82) is 0 Å². The molecule has 4 heterocycles. The van der Waals surface area contributed by atoms with Crippen LogP contribution in [0.1, 0.15) is 162 Å². The largest absolute Gasteiger partial charge is 0.477 e. The second-order valence-electron chi connectivity index (χ2n) is 15.2. The van der Waals surface area contributed by atoms with E-state index in [0.717, 1.165) is 55.5 Å². The van der Waals surface area contributed by atoms with Gasteiger partial charge in [-0.2, -0.15) is 0 Å². The van der Waals surface area contributed by atoms with Gasteiger partial charge in [0, 0.05) is 83.9 Å². The molecule has 0 saturated heterocycles. The Labute approximate surface area is 364 Å². The lowest BCUT2D eigenvalue weighted by Gasteiger charge is -2.14. The number of aryl methyl sites for hydroxylation is 4. The Balaban J connectivity index is 0.000000151. The molecule has 5 aliphatic rings. The van der Waals surface area contributed by atoms with E-state index in [1.807, 2.05) is 0 Å². The maximum absolute atomic E-state index is 11.6. The van der Waals surface area contributed by atoms with Gasteiger partial charge in [0.15, 0.2) is 23.1 Å². The van der Waals surface area contributed by atoms with Gasteiger partial charge < -0.3 is 24.8 Å². The molecule has 1 fully saturated rings. The van der Waals surface area contributed by atoms with Crippen LogP contribution in [0.15, 0.2) is 50.8 Å². The van der Waals surface area contributed by atoms with Gasteiger partial charge in [-0.05, 0) is 88.1 Å². The average Bonchev–Trinajstić information content (AvgIpc) is 3.24. The van der Waals surface area contributed by atoms with E-state index in [-0.39, 0.29) is 57.8 Å². The molecule has 0 aromatic carbocycles. The maximum atomic E-state index is 11.6. The smallest absolute Gasteiger partial charge is 0.343 e. The summed E-state index contributed by atoms with van der Waals surface area (Å²) in [4.78, 5) is 134. The number of hydrogen-bond acceptors (Lipinski definition) is 13. The summed E-state index contributed by atoms with van der Waals surface area (Å²) in [6, 6.07) is 8.98. The fourth-order valence-corrected chi connectivity index (χ4v) is 7.62. The van der Waals surface area contributed by atoms with Crippen LogP contribution < -0.4 is 16.7 Å². The van der Waals surface area contributed by atoms with E-state index in [2.05, 4.69) is 24.7 Å². The van der Waals surface area contributed by atoms with E-state index >= 15 is 0 Å². The molecule has 0 unspecified atom stereocenters. The fraction of sp³-hybridized carbons (Fsp3) is 0.378. The van der Waals surface area contributed by atoms with Crippen molar-refractivity contribution in [2.24, 2.45) is 0 Å². The van der Waals surface area contributed by atoms with Gasteiger partial charge >= 0.3 is 11.9 Å². The Morgan fingerprint density at radius 1 is 0.556 bits per heavy atom. The van der Waals surface area contributed by atoms with E-state index in [0.29, 0.717) is 91.0 Å². The summed E-state index contributed by atoms with van der Waals surface area (Å²) in [7, 11) is 1.20. The molecular weight excluding hydrogens is 840 g/mol. The van der Waals surface area contributed by atoms with Gasteiger partial charge in [-0.15, -0.1) is 0 Å². The van der Waals surface area contributed by atoms with Gasteiger partial charge in [-0.3, -0.25) is 43.2 Å². The number of carboxylic acid groups (broad SMARTS) is 1. The van der Waals surface area contributed by atoms with Crippen LogP contribution in [0.3, 0.4) is 0 Å². The molecule has 4 N–H and O–H groups in total. The molecule has 0 aliphatic heterocycles. The molecule has 4 aromatic rings. The first-order chi connectivity index (χ1) is 30.1. The molecule has 0 amide bonds. The molecule has 63 heavy (non-hydrogen) atoms. The number of carbonyl (C=O) groups is 8. The third kappa shape index (κ3) is 12.7. The monoisotopic (exact) mass is 884 g/mol. The number of carboxylic acids is 1. The van der Waals surface area contributed by atoms with Gasteiger partial charge in [-0.25, -0.2) is 14.6 Å². The number of hydrogen-bond donors (Lipinski definition) is 4. The first-order valence-corrected chi connectivity index (χ1v) is 20.8. The van der Waals surface area contributed by atoms with Crippen LogP contribution >= 0.6 is 11.6 Å². The summed E-state index contributed by atoms with van der Waals surface area (Å²) in [5.74, 6) is -1.60. The number of halogens is 1. The van der Waals surface area contributed by atoms with E-state index in [1.54, 1.807) is 18.2 Å². The number of fused-ring (bicyclic) bond motifs is 4. The average molecular weight is 885 g/mol. The van der Waals surface area contributed by atoms with Crippen molar-refractivity contribution < 1.29 is 48.2 Å². The molecule has 5 aliphatic carbocycles. The van der Waals surface area contributed by atoms with E-state index in [9.17, 15) is 52.7 Å². The van der Waals surface area contributed by atoms with Crippen molar-refractivity contribution in [3.8, 4) is 0 Å². The van der Waals surface area contributed by atoms with Crippen molar-refractivity contribution in [1.82, 2.24) is 19.9 Å². The first-order valence-electron chi connectivity index (χ1n) is 20.4. The molecule has 4 aromatic heterocycles. The lowest BCUT2D eigenvalue weighted by atomic mass is 9.94. The van der Waals surface area contributed by atoms with Crippen LogP contribution in [-0.2, 0) is 40.0 Å². The van der Waals surface area contributed by atoms with Gasteiger partial charge in [0.1, 0.15) is 27.8 Å². The minimum absolute atomic E-state index is 0.0392. The third-order valence-corrected chi connectivity index (χ3v) is 10.8. The molecule has 18 heteroatoms. The highest BCUT2D eigenvalue weighted by atomic mass is 35.5. The Kier molecular flexibility index (Phi) is 16.4. The van der Waals surface area contributed by atoms with Crippen LogP contribution in [0.4, 0.5) is 0 Å². The second kappa shape index (κ2) is 21.9. The van der Waals surface area contributed by atoms with E-state index in [1.165, 1.54) is 25.3 Å². The first kappa shape index (κ1) is 47.3. The summed E-state index contributed by atoms with van der Waals surface area (Å²) in [5.41, 5.74) is 3.32. The number of aromatic carboxylic acids is 1. The molecule has 330 valence electrons. The number of nitrogens with zero attached hydrogens (tertiary/aromatic N) is 1. The van der Waals surface area contributed by atoms with Gasteiger partial charge in [0.25, 0.3) is 11.1 Å². The maximum Gasteiger partial charge on any atom is 0.343 e. The lowest BCUT2D eigenvalue weighted by molar-refractivity contribution is -0.129. The van der Waals surface area contributed by atoms with Crippen molar-refractivity contribution in [2.45, 2.75) is 103 Å². The van der Waals surface area contributed by atoms with Crippen molar-refractivity contribution in [3.05, 3.63) is 129 Å². The zero-order chi connectivity index (χ0) is 45.8. The highest BCUT2D eigenvalue weighted by Crippen LogP contribution is 2.22. The van der Waals surface area contributed by atoms with Crippen molar-refractivity contribution >= 4 is 58.2 Å². The number of methoxy groups -OCH3 is 1. The highest BCUT2D eigenvalue weighted by molar-refractivity contribution is 6.29. The molecule has 0 atom stereocenters. The Bertz CT molecular complexity index is 2660. The molecule has 9 rings (SSSR count). The number of ketones is 6. The van der Waals surface area contributed by atoms with Crippen LogP contribution in [0.2, 0.25) is 5.15 Å². The number of ether oxygens (including phenoxy) is 1. The van der Waals surface area contributed by atoms with Crippen LogP contribution in [0.5, 0.6) is 0 Å². The molecule has 0 spiro atoms. The fourth-order valence-electron chi connectivity index (χ4n) is 7.46. The number of rotatable bonds is 2. The van der Waals surface area contributed by atoms with Crippen molar-refractivity contribution in [2.75, 3.05) is 7.11 Å². The predicted octanol–water partition coefficient (Wildman–Crippen LogP) is 5.12. The van der Waals surface area contributed by atoms with Gasteiger partial charge in [-0.1, -0.05) is 11.6 Å². The quantitative estimate of drug-likeness (QED) is 0.116. The summed E-state index contributed by atoms with van der Waals surface area (Å²) in [6.07, 6.45) is 10.5. The Morgan fingerprint density at radius 2 is 1.00 bits per heavy atom. The van der Waals surface area contributed by atoms with Crippen LogP contribution in [0, 0.1) is 0 Å². The molecular formula is C45H45ClN4O13. The summed E-state index contributed by atoms with van der Waals surface area (Å²) in [5, 5.41) is 9.20. The number of pyridine rings is 4. The minimum atomic E-state index is -1.31. The number of nitrogens with one attached hydrogen (secondary N) is 3. The highest BCUT2D eigenvalue weighted by Gasteiger charge is 2.24. The predicted molar refractivity (Wildman–Crippen MR) is 226 cm³/mol. The SMILES string of the molecule is COC(=O)c1cc2c([nH]c1=O)CCCC2=O.O=C1CCCC(=O)C1.O=C1CCCc2[nH]c(=O)c(C(=O)O)cc21.O=C1CCCc2[nH]c(=O)ccc21.O=C1CCCc2nc(Cl)ccc21. The van der Waals surface area contributed by atoms with Gasteiger partial charge in [0.05, 0.1) is 19.2 Å². The molecule has 1 saturated carbocycles. The number of carbonyl (C=O) groups excluding carboxylic acids is 7. The zero-order valence-corrected chi connectivity index (χ0v) is 35.2. The van der Waals surface area contributed by atoms with Crippen LogP contribution in [-0.4, -0.2) is 78.8 Å². The topological polar surface area (TPSA) is 277 Å². The second-order valence-corrected chi connectivity index (χ2v) is 15.6. The Morgan fingerprint density at radius 3 is 1.51 bits per heavy atom. The summed E-state index contributed by atoms with van der Waals surface area (Å²) < 4.78 is 4.47. The van der Waals surface area contributed by atoms with E-state index < -0.39 is 23.1 Å². The number of aromatic nitrogens is 4.